The van der Waals surface area contributed by atoms with E-state index >= 15 is 0 Å². The molecule has 0 aliphatic carbocycles. The molecule has 0 spiro atoms. The lowest BCUT2D eigenvalue weighted by atomic mass is 10.3. The van der Waals surface area contributed by atoms with Crippen LogP contribution in [0.15, 0.2) is 29.3 Å². The van der Waals surface area contributed by atoms with Crippen molar-refractivity contribution in [1.82, 2.24) is 10.2 Å². The van der Waals surface area contributed by atoms with Crippen LogP contribution in [0.4, 0.5) is 4.39 Å². The van der Waals surface area contributed by atoms with E-state index < -0.39 is 0 Å². The highest BCUT2D eigenvalue weighted by Crippen LogP contribution is 2.11. The van der Waals surface area contributed by atoms with E-state index in [1.165, 1.54) is 12.1 Å². The van der Waals surface area contributed by atoms with Gasteiger partial charge in [0.25, 0.3) is 0 Å². The fraction of sp³-hybridized carbons (Fsp3) is 0.562. The van der Waals surface area contributed by atoms with E-state index in [4.69, 9.17) is 15.2 Å². The Labute approximate surface area is 159 Å². The molecule has 0 saturated carbocycles. The number of halogens is 2. The molecule has 6 nitrogen and oxygen atoms in total. The van der Waals surface area contributed by atoms with Gasteiger partial charge < -0.3 is 20.5 Å². The largest absolute Gasteiger partial charge is 0.492 e. The van der Waals surface area contributed by atoms with Crippen molar-refractivity contribution in [2.24, 2.45) is 10.7 Å². The van der Waals surface area contributed by atoms with Crippen LogP contribution in [0.5, 0.6) is 5.75 Å². The Kier molecular flexibility index (Phi) is 10.7. The Bertz CT molecular complexity index is 499. The molecule has 1 aromatic carbocycles. The number of hydrogen-bond acceptors (Lipinski definition) is 4. The smallest absolute Gasteiger partial charge is 0.188 e. The van der Waals surface area contributed by atoms with Crippen LogP contribution >= 0.6 is 24.0 Å². The lowest BCUT2D eigenvalue weighted by Crippen LogP contribution is -2.37. The van der Waals surface area contributed by atoms with Crippen LogP contribution in [0.2, 0.25) is 0 Å². The molecule has 136 valence electrons. The number of nitrogens with zero attached hydrogens (tertiary/aromatic N) is 2. The van der Waals surface area contributed by atoms with Crippen molar-refractivity contribution in [1.29, 1.82) is 0 Å². The summed E-state index contributed by atoms with van der Waals surface area (Å²) in [7, 11) is 0. The van der Waals surface area contributed by atoms with Crippen LogP contribution in [-0.2, 0) is 4.74 Å². The standard InChI is InChI=1S/C16H25FN4O2.HI/c17-14-3-1-4-15(13-14)23-10-6-20-16(18)19-5-2-7-21-8-11-22-12-9-21;/h1,3-4,13H,2,5-12H2,(H3,18,19,20);1H. The Morgan fingerprint density at radius 1 is 1.38 bits per heavy atom. The minimum Gasteiger partial charge on any atom is -0.492 e. The van der Waals surface area contributed by atoms with Gasteiger partial charge in [0.1, 0.15) is 18.2 Å². The average Bonchev–Trinajstić information content (AvgIpc) is 2.57. The average molecular weight is 452 g/mol. The van der Waals surface area contributed by atoms with E-state index in [0.717, 1.165) is 39.3 Å². The van der Waals surface area contributed by atoms with E-state index in [9.17, 15) is 4.39 Å². The lowest BCUT2D eigenvalue weighted by Gasteiger charge is -2.26. The highest BCUT2D eigenvalue weighted by atomic mass is 127. The second kappa shape index (κ2) is 12.3. The first-order valence-corrected chi connectivity index (χ1v) is 7.96. The monoisotopic (exact) mass is 452 g/mol. The number of benzene rings is 1. The van der Waals surface area contributed by atoms with E-state index in [1.54, 1.807) is 12.1 Å². The fourth-order valence-corrected chi connectivity index (χ4v) is 2.28. The van der Waals surface area contributed by atoms with Gasteiger partial charge in [0.05, 0.1) is 19.8 Å². The van der Waals surface area contributed by atoms with E-state index in [0.29, 0.717) is 31.4 Å². The van der Waals surface area contributed by atoms with Gasteiger partial charge >= 0.3 is 0 Å². The first kappa shape index (κ1) is 20.9. The lowest BCUT2D eigenvalue weighted by molar-refractivity contribution is 0.0377. The Morgan fingerprint density at radius 2 is 2.17 bits per heavy atom. The molecule has 0 bridgehead atoms. The van der Waals surface area contributed by atoms with Gasteiger partial charge in [0, 0.05) is 32.2 Å². The summed E-state index contributed by atoms with van der Waals surface area (Å²) >= 11 is 0. The van der Waals surface area contributed by atoms with Gasteiger partial charge in [0.2, 0.25) is 0 Å². The van der Waals surface area contributed by atoms with Crippen LogP contribution in [0.3, 0.4) is 0 Å². The molecule has 1 heterocycles. The van der Waals surface area contributed by atoms with E-state index in [2.05, 4.69) is 15.2 Å². The second-order valence-corrected chi connectivity index (χ2v) is 5.31. The molecule has 0 amide bonds. The van der Waals surface area contributed by atoms with Crippen molar-refractivity contribution < 1.29 is 13.9 Å². The number of hydrogen-bond donors (Lipinski definition) is 2. The topological polar surface area (TPSA) is 72.1 Å². The van der Waals surface area contributed by atoms with Crippen molar-refractivity contribution in [2.45, 2.75) is 6.42 Å². The van der Waals surface area contributed by atoms with Crippen LogP contribution in [0.1, 0.15) is 6.42 Å². The second-order valence-electron chi connectivity index (χ2n) is 5.31. The quantitative estimate of drug-likeness (QED) is 0.271. The molecular weight excluding hydrogens is 426 g/mol. The third-order valence-electron chi connectivity index (χ3n) is 3.49. The van der Waals surface area contributed by atoms with Crippen LogP contribution in [-0.4, -0.2) is 63.4 Å². The molecule has 1 fully saturated rings. The summed E-state index contributed by atoms with van der Waals surface area (Å²) < 4.78 is 23.7. The maximum Gasteiger partial charge on any atom is 0.188 e. The molecule has 8 heteroatoms. The number of guanidine groups is 1. The Balaban J connectivity index is 0.00000288. The molecule has 0 radical (unpaired) electrons. The summed E-state index contributed by atoms with van der Waals surface area (Å²) in [6.07, 6.45) is 0.974. The number of nitrogens with one attached hydrogen (secondary N) is 1. The van der Waals surface area contributed by atoms with E-state index in [-0.39, 0.29) is 29.8 Å². The minimum atomic E-state index is -0.309. The van der Waals surface area contributed by atoms with Crippen LogP contribution in [0, 0.1) is 5.82 Å². The van der Waals surface area contributed by atoms with Gasteiger partial charge in [0.15, 0.2) is 5.96 Å². The molecule has 0 aromatic heterocycles. The number of ether oxygens (including phenoxy) is 2. The fourth-order valence-electron chi connectivity index (χ4n) is 2.28. The first-order valence-electron chi connectivity index (χ1n) is 7.96. The van der Waals surface area contributed by atoms with Gasteiger partial charge in [-0.05, 0) is 18.6 Å². The predicted molar refractivity (Wildman–Crippen MR) is 104 cm³/mol. The third-order valence-corrected chi connectivity index (χ3v) is 3.49. The summed E-state index contributed by atoms with van der Waals surface area (Å²) in [6, 6.07) is 6.06. The van der Waals surface area contributed by atoms with Gasteiger partial charge in [-0.1, -0.05) is 6.07 Å². The zero-order chi connectivity index (χ0) is 16.3. The zero-order valence-corrected chi connectivity index (χ0v) is 16.1. The van der Waals surface area contributed by atoms with Gasteiger partial charge in [-0.15, -0.1) is 24.0 Å². The zero-order valence-electron chi connectivity index (χ0n) is 13.7. The maximum atomic E-state index is 13.0. The maximum absolute atomic E-state index is 13.0. The molecule has 2 rings (SSSR count). The van der Waals surface area contributed by atoms with Gasteiger partial charge in [-0.25, -0.2) is 4.39 Å². The molecule has 0 unspecified atom stereocenters. The molecule has 0 atom stereocenters. The SMILES string of the molecule is I.NC(=NCCCN1CCOCC1)NCCOc1cccc(F)c1. The summed E-state index contributed by atoms with van der Waals surface area (Å²) in [4.78, 5) is 6.65. The molecule has 3 N–H and O–H groups in total. The number of morpholine rings is 1. The Morgan fingerprint density at radius 3 is 2.92 bits per heavy atom. The number of rotatable bonds is 8. The van der Waals surface area contributed by atoms with E-state index in [1.807, 2.05) is 0 Å². The minimum absolute atomic E-state index is 0. The highest BCUT2D eigenvalue weighted by molar-refractivity contribution is 14.0. The van der Waals surface area contributed by atoms with Gasteiger partial charge in [-0.2, -0.15) is 0 Å². The summed E-state index contributed by atoms with van der Waals surface area (Å²) in [5.74, 6) is 0.611. The molecule has 1 aliphatic heterocycles. The van der Waals surface area contributed by atoms with Crippen molar-refractivity contribution in [2.75, 3.05) is 52.5 Å². The molecule has 1 aromatic rings. The van der Waals surface area contributed by atoms with Crippen LogP contribution in [0.25, 0.3) is 0 Å². The molecular formula is C16H26FIN4O2. The van der Waals surface area contributed by atoms with Crippen molar-refractivity contribution >= 4 is 29.9 Å². The van der Waals surface area contributed by atoms with Crippen molar-refractivity contribution in [3.63, 3.8) is 0 Å². The number of nitrogens with two attached hydrogens (primary N) is 1. The highest BCUT2D eigenvalue weighted by Gasteiger charge is 2.08. The molecule has 1 aliphatic rings. The summed E-state index contributed by atoms with van der Waals surface area (Å²) in [6.45, 7) is 6.26. The molecule has 1 saturated heterocycles. The Hall–Kier alpha value is -1.13. The molecule has 24 heavy (non-hydrogen) atoms. The predicted octanol–water partition coefficient (Wildman–Crippen LogP) is 1.45. The first-order chi connectivity index (χ1) is 11.2. The van der Waals surface area contributed by atoms with Crippen LogP contribution < -0.4 is 15.8 Å². The summed E-state index contributed by atoms with van der Waals surface area (Å²) in [5.41, 5.74) is 5.79. The number of aliphatic imine (C=N–C) groups is 1. The van der Waals surface area contributed by atoms with Crippen molar-refractivity contribution in [3.8, 4) is 5.75 Å². The third kappa shape index (κ3) is 8.65. The summed E-state index contributed by atoms with van der Waals surface area (Å²) in [5, 5.41) is 2.98. The van der Waals surface area contributed by atoms with Crippen molar-refractivity contribution in [3.05, 3.63) is 30.1 Å². The van der Waals surface area contributed by atoms with Gasteiger partial charge in [-0.3, -0.25) is 9.89 Å². The normalized spacial score (nSPS) is 15.6.